The van der Waals surface area contributed by atoms with Crippen molar-refractivity contribution in [3.63, 3.8) is 0 Å². The Hall–Kier alpha value is -3.89. The second kappa shape index (κ2) is 10.1. The largest absolute Gasteiger partial charge is 0.360 e. The Labute approximate surface area is 227 Å². The van der Waals surface area contributed by atoms with Gasteiger partial charge in [-0.25, -0.2) is 9.97 Å². The Bertz CT molecular complexity index is 1630. The smallest absolute Gasteiger partial charge is 0.275 e. The van der Waals surface area contributed by atoms with E-state index in [0.717, 1.165) is 38.6 Å². The summed E-state index contributed by atoms with van der Waals surface area (Å²) in [5.74, 6) is 0.433. The molecule has 0 unspecified atom stereocenters. The third-order valence-electron chi connectivity index (χ3n) is 6.76. The lowest BCUT2D eigenvalue weighted by molar-refractivity contribution is 0.0711. The first kappa shape index (κ1) is 24.4. The lowest BCUT2D eigenvalue weighted by Gasteiger charge is -2.31. The molecule has 2 aromatic carbocycles. The summed E-state index contributed by atoms with van der Waals surface area (Å²) in [6.07, 6.45) is 1.57. The zero-order chi connectivity index (χ0) is 26.2. The average molecular weight is 544 g/mol. The van der Waals surface area contributed by atoms with Crippen LogP contribution in [0.2, 0.25) is 0 Å². The van der Waals surface area contributed by atoms with Gasteiger partial charge in [-0.1, -0.05) is 35.5 Å². The number of likely N-dealkylation sites (tertiary alicyclic amines) is 1. The van der Waals surface area contributed by atoms with E-state index >= 15 is 0 Å². The Morgan fingerprint density at radius 1 is 1.05 bits per heavy atom. The molecule has 0 aliphatic carbocycles. The van der Waals surface area contributed by atoms with Gasteiger partial charge in [0.1, 0.15) is 22.7 Å². The molecule has 0 radical (unpaired) electrons. The van der Waals surface area contributed by atoms with Crippen molar-refractivity contribution in [2.24, 2.45) is 0 Å². The fourth-order valence-electron chi connectivity index (χ4n) is 4.80. The number of amides is 2. The van der Waals surface area contributed by atoms with Gasteiger partial charge in [0.25, 0.3) is 11.8 Å². The topological polar surface area (TPSA) is 101 Å². The Kier molecular flexibility index (Phi) is 6.50. The first-order valence-electron chi connectivity index (χ1n) is 12.4. The number of nitrogens with zero attached hydrogens (tertiary/aromatic N) is 4. The minimum absolute atomic E-state index is 0.0625. The molecule has 3 aromatic heterocycles. The van der Waals surface area contributed by atoms with Crippen LogP contribution >= 0.6 is 22.7 Å². The molecular formula is C28H25N5O3S2. The van der Waals surface area contributed by atoms with Gasteiger partial charge in [-0.15, -0.1) is 22.7 Å². The fraction of sp³-hybridized carbons (Fsp3) is 0.250. The Morgan fingerprint density at radius 2 is 1.84 bits per heavy atom. The number of aryl methyl sites for hydroxylation is 2. The molecule has 5 aromatic rings. The summed E-state index contributed by atoms with van der Waals surface area (Å²) in [6, 6.07) is 15.4. The van der Waals surface area contributed by atoms with E-state index in [2.05, 4.69) is 20.4 Å². The van der Waals surface area contributed by atoms with Crippen molar-refractivity contribution >= 4 is 50.4 Å². The van der Waals surface area contributed by atoms with E-state index in [9.17, 15) is 9.59 Å². The molecule has 2 amide bonds. The standard InChI is InChI=1S/C28H25N5O3S2/c1-16-24(25(32-36-16)18-6-4-3-5-7-18)28(35)33-12-10-19(11-13-33)27-31-22(15-37-27)26(34)30-20-8-9-23-21(14-20)29-17(2)38-23/h3-9,14-15,19H,10-13H2,1-2H3,(H,30,34). The van der Waals surface area contributed by atoms with Crippen LogP contribution in [0.5, 0.6) is 0 Å². The lowest BCUT2D eigenvalue weighted by Crippen LogP contribution is -2.38. The molecule has 10 heteroatoms. The van der Waals surface area contributed by atoms with Crippen molar-refractivity contribution in [1.29, 1.82) is 0 Å². The number of piperidine rings is 1. The number of fused-ring (bicyclic) bond motifs is 1. The van der Waals surface area contributed by atoms with Crippen LogP contribution in [0.4, 0.5) is 5.69 Å². The number of nitrogens with one attached hydrogen (secondary N) is 1. The van der Waals surface area contributed by atoms with E-state index in [1.807, 2.05) is 60.4 Å². The van der Waals surface area contributed by atoms with Gasteiger partial charge in [0, 0.05) is 35.6 Å². The molecule has 1 aliphatic heterocycles. The molecule has 1 fully saturated rings. The highest BCUT2D eigenvalue weighted by atomic mass is 32.1. The van der Waals surface area contributed by atoms with E-state index in [1.54, 1.807) is 23.6 Å². The van der Waals surface area contributed by atoms with Crippen LogP contribution in [0.15, 0.2) is 58.4 Å². The number of benzene rings is 2. The molecule has 38 heavy (non-hydrogen) atoms. The summed E-state index contributed by atoms with van der Waals surface area (Å²) in [6.45, 7) is 4.96. The van der Waals surface area contributed by atoms with Crippen LogP contribution in [0.3, 0.4) is 0 Å². The lowest BCUT2D eigenvalue weighted by atomic mass is 9.96. The molecule has 0 saturated carbocycles. The maximum atomic E-state index is 13.4. The molecule has 1 saturated heterocycles. The van der Waals surface area contributed by atoms with Gasteiger partial charge in [0.15, 0.2) is 0 Å². The summed E-state index contributed by atoms with van der Waals surface area (Å²) >= 11 is 3.13. The van der Waals surface area contributed by atoms with E-state index in [4.69, 9.17) is 4.52 Å². The van der Waals surface area contributed by atoms with Gasteiger partial charge in [-0.2, -0.15) is 0 Å². The van der Waals surface area contributed by atoms with Crippen LogP contribution in [0.1, 0.15) is 55.4 Å². The molecule has 0 atom stereocenters. The summed E-state index contributed by atoms with van der Waals surface area (Å²) in [5.41, 5.74) is 3.95. The number of hydrogen-bond acceptors (Lipinski definition) is 8. The second-order valence-corrected chi connectivity index (χ2v) is 11.5. The summed E-state index contributed by atoms with van der Waals surface area (Å²) in [4.78, 5) is 37.3. The van der Waals surface area contributed by atoms with Gasteiger partial charge >= 0.3 is 0 Å². The minimum atomic E-state index is -0.234. The highest BCUT2D eigenvalue weighted by Gasteiger charge is 2.31. The highest BCUT2D eigenvalue weighted by molar-refractivity contribution is 7.18. The van der Waals surface area contributed by atoms with Crippen molar-refractivity contribution in [2.45, 2.75) is 32.6 Å². The van der Waals surface area contributed by atoms with Crippen molar-refractivity contribution in [3.05, 3.63) is 80.9 Å². The quantitative estimate of drug-likeness (QED) is 0.279. The second-order valence-electron chi connectivity index (χ2n) is 9.34. The third kappa shape index (κ3) is 4.72. The molecule has 8 nitrogen and oxygen atoms in total. The monoisotopic (exact) mass is 543 g/mol. The van der Waals surface area contributed by atoms with Gasteiger partial charge in [-0.3, -0.25) is 9.59 Å². The molecule has 1 aliphatic rings. The zero-order valence-electron chi connectivity index (χ0n) is 20.9. The SMILES string of the molecule is Cc1nc2cc(NC(=O)c3csc(C4CCN(C(=O)c5c(-c6ccccc6)noc5C)CC4)n3)ccc2s1. The minimum Gasteiger partial charge on any atom is -0.360 e. The van der Waals surface area contributed by atoms with E-state index in [-0.39, 0.29) is 17.7 Å². The van der Waals surface area contributed by atoms with Crippen molar-refractivity contribution in [2.75, 3.05) is 18.4 Å². The van der Waals surface area contributed by atoms with E-state index in [1.165, 1.54) is 11.3 Å². The molecule has 1 N–H and O–H groups in total. The number of rotatable bonds is 5. The molecule has 0 bridgehead atoms. The molecule has 0 spiro atoms. The van der Waals surface area contributed by atoms with Crippen molar-refractivity contribution < 1.29 is 14.1 Å². The first-order valence-corrected chi connectivity index (χ1v) is 14.1. The predicted octanol–water partition coefficient (Wildman–Crippen LogP) is 6.30. The first-order chi connectivity index (χ1) is 18.5. The van der Waals surface area contributed by atoms with E-state index < -0.39 is 0 Å². The normalized spacial score (nSPS) is 14.2. The van der Waals surface area contributed by atoms with Gasteiger partial charge < -0.3 is 14.7 Å². The summed E-state index contributed by atoms with van der Waals surface area (Å²) in [7, 11) is 0. The van der Waals surface area contributed by atoms with Crippen molar-refractivity contribution in [1.82, 2.24) is 20.0 Å². The number of anilines is 1. The van der Waals surface area contributed by atoms with Gasteiger partial charge in [-0.05, 0) is 44.9 Å². The maximum absolute atomic E-state index is 13.4. The molecule has 192 valence electrons. The third-order valence-corrected chi connectivity index (χ3v) is 8.72. The van der Waals surface area contributed by atoms with E-state index in [0.29, 0.717) is 41.5 Å². The number of thiazole rings is 2. The Balaban J connectivity index is 1.10. The van der Waals surface area contributed by atoms with Crippen LogP contribution in [-0.2, 0) is 0 Å². The Morgan fingerprint density at radius 3 is 2.63 bits per heavy atom. The highest BCUT2D eigenvalue weighted by Crippen LogP contribution is 2.33. The fourth-order valence-corrected chi connectivity index (χ4v) is 6.58. The summed E-state index contributed by atoms with van der Waals surface area (Å²) < 4.78 is 6.49. The molecular weight excluding hydrogens is 518 g/mol. The number of aromatic nitrogens is 3. The number of hydrogen-bond donors (Lipinski definition) is 1. The van der Waals surface area contributed by atoms with Gasteiger partial charge in [0.2, 0.25) is 0 Å². The number of carbonyl (C=O) groups is 2. The van der Waals surface area contributed by atoms with Crippen LogP contribution < -0.4 is 5.32 Å². The zero-order valence-corrected chi connectivity index (χ0v) is 22.6. The number of carbonyl (C=O) groups excluding carboxylic acids is 2. The molecule has 4 heterocycles. The van der Waals surface area contributed by atoms with Crippen LogP contribution in [0, 0.1) is 13.8 Å². The van der Waals surface area contributed by atoms with Crippen LogP contribution in [-0.4, -0.2) is 44.9 Å². The maximum Gasteiger partial charge on any atom is 0.275 e. The van der Waals surface area contributed by atoms with Gasteiger partial charge in [0.05, 0.1) is 20.2 Å². The van der Waals surface area contributed by atoms with Crippen molar-refractivity contribution in [3.8, 4) is 11.3 Å². The predicted molar refractivity (Wildman–Crippen MR) is 149 cm³/mol. The summed E-state index contributed by atoms with van der Waals surface area (Å²) in [5, 5.41) is 10.8. The molecule has 6 rings (SSSR count). The average Bonchev–Trinajstić information content (AvgIpc) is 3.66. The van der Waals surface area contributed by atoms with Crippen LogP contribution in [0.25, 0.3) is 21.5 Å².